The molecule has 1 atom stereocenters. The number of nitrogens with one attached hydrogen (secondary N) is 2. The molecule has 1 heterocycles. The average molecular weight is 504 g/mol. The zero-order valence-corrected chi connectivity index (χ0v) is 21.2. The van der Waals surface area contributed by atoms with Gasteiger partial charge in [0.2, 0.25) is 5.91 Å². The van der Waals surface area contributed by atoms with Gasteiger partial charge in [-0.05, 0) is 62.4 Å². The molecule has 0 saturated heterocycles. The molecule has 4 rings (SSSR count). The van der Waals surface area contributed by atoms with E-state index < -0.39 is 0 Å². The minimum atomic E-state index is -0.320. The zero-order chi connectivity index (χ0) is 24.8. The van der Waals surface area contributed by atoms with Gasteiger partial charge in [-0.3, -0.25) is 9.59 Å². The molecule has 0 fully saturated rings. The Kier molecular flexibility index (Phi) is 7.84. The van der Waals surface area contributed by atoms with Crippen molar-refractivity contribution in [2.75, 3.05) is 17.7 Å². The van der Waals surface area contributed by atoms with Crippen LogP contribution in [0.4, 0.5) is 10.8 Å². The Bertz CT molecular complexity index is 1300. The molecule has 0 spiro atoms. The van der Waals surface area contributed by atoms with Crippen LogP contribution < -0.4 is 15.4 Å². The Labute approximate surface area is 212 Å². The number of aromatic nitrogens is 1. The van der Waals surface area contributed by atoms with Gasteiger partial charge in [-0.25, -0.2) is 4.98 Å². The molecule has 1 unspecified atom stereocenters. The highest BCUT2D eigenvalue weighted by Gasteiger charge is 2.18. The molecule has 0 bridgehead atoms. The molecule has 4 aromatic rings. The van der Waals surface area contributed by atoms with Gasteiger partial charge in [0, 0.05) is 26.6 Å². The summed E-state index contributed by atoms with van der Waals surface area (Å²) in [5, 5.41) is 6.09. The van der Waals surface area contributed by atoms with Crippen LogP contribution in [0.25, 0.3) is 11.3 Å². The highest BCUT2D eigenvalue weighted by molar-refractivity contribution is 8.00. The Morgan fingerprint density at radius 3 is 2.29 bits per heavy atom. The van der Waals surface area contributed by atoms with Crippen LogP contribution in [0, 0.1) is 6.92 Å². The number of carbonyl (C=O) groups is 2. The minimum absolute atomic E-state index is 0.111. The van der Waals surface area contributed by atoms with Gasteiger partial charge in [-0.15, -0.1) is 23.1 Å². The van der Waals surface area contributed by atoms with E-state index >= 15 is 0 Å². The number of hydrogen-bond donors (Lipinski definition) is 2. The molecule has 178 valence electrons. The standard InChI is InChI=1S/C27H25N3O3S2/c1-17-24(19-7-5-4-6-8-19)29-27(35-17)30-25(31)18(2)34-23-15-11-21(12-16-23)28-26(32)20-9-13-22(33-3)14-10-20/h4-16,18H,1-3H3,(H,28,32)(H,29,30,31). The maximum absolute atomic E-state index is 12.8. The first-order chi connectivity index (χ1) is 16.9. The lowest BCUT2D eigenvalue weighted by Gasteiger charge is -2.11. The van der Waals surface area contributed by atoms with Crippen molar-refractivity contribution in [2.24, 2.45) is 0 Å². The zero-order valence-electron chi connectivity index (χ0n) is 19.6. The van der Waals surface area contributed by atoms with Crippen molar-refractivity contribution in [3.05, 3.63) is 89.3 Å². The van der Waals surface area contributed by atoms with Crippen molar-refractivity contribution in [3.63, 3.8) is 0 Å². The first kappa shape index (κ1) is 24.5. The highest BCUT2D eigenvalue weighted by atomic mass is 32.2. The summed E-state index contributed by atoms with van der Waals surface area (Å²) < 4.78 is 5.12. The van der Waals surface area contributed by atoms with Crippen molar-refractivity contribution in [2.45, 2.75) is 24.0 Å². The molecule has 8 heteroatoms. The molecule has 0 aliphatic rings. The number of anilines is 2. The first-order valence-electron chi connectivity index (χ1n) is 11.0. The number of thioether (sulfide) groups is 1. The lowest BCUT2D eigenvalue weighted by molar-refractivity contribution is -0.115. The second-order valence-corrected chi connectivity index (χ2v) is 10.4. The summed E-state index contributed by atoms with van der Waals surface area (Å²) in [5.41, 5.74) is 3.14. The number of hydrogen-bond acceptors (Lipinski definition) is 6. The van der Waals surface area contributed by atoms with Gasteiger partial charge >= 0.3 is 0 Å². The van der Waals surface area contributed by atoms with Gasteiger partial charge < -0.3 is 15.4 Å². The van der Waals surface area contributed by atoms with E-state index in [1.807, 2.05) is 68.4 Å². The Balaban J connectivity index is 1.33. The van der Waals surface area contributed by atoms with Crippen molar-refractivity contribution in [1.29, 1.82) is 0 Å². The van der Waals surface area contributed by atoms with Crippen LogP contribution >= 0.6 is 23.1 Å². The quantitative estimate of drug-likeness (QED) is 0.268. The van der Waals surface area contributed by atoms with Gasteiger partial charge in [0.05, 0.1) is 18.1 Å². The molecule has 3 aromatic carbocycles. The Morgan fingerprint density at radius 2 is 1.63 bits per heavy atom. The molecule has 0 radical (unpaired) electrons. The van der Waals surface area contributed by atoms with E-state index in [9.17, 15) is 9.59 Å². The third-order valence-electron chi connectivity index (χ3n) is 5.22. The highest BCUT2D eigenvalue weighted by Crippen LogP contribution is 2.31. The summed E-state index contributed by atoms with van der Waals surface area (Å²) in [6.45, 7) is 3.86. The maximum Gasteiger partial charge on any atom is 0.255 e. The molecule has 1 aromatic heterocycles. The lowest BCUT2D eigenvalue weighted by atomic mass is 10.1. The minimum Gasteiger partial charge on any atom is -0.497 e. The number of ether oxygens (including phenoxy) is 1. The van der Waals surface area contributed by atoms with Crippen LogP contribution in [0.15, 0.2) is 83.8 Å². The van der Waals surface area contributed by atoms with Crippen molar-refractivity contribution in [1.82, 2.24) is 4.98 Å². The fourth-order valence-electron chi connectivity index (χ4n) is 3.34. The van der Waals surface area contributed by atoms with Crippen LogP contribution in [0.3, 0.4) is 0 Å². The number of methoxy groups -OCH3 is 1. The molecule has 2 N–H and O–H groups in total. The fourth-order valence-corrected chi connectivity index (χ4v) is 5.05. The van der Waals surface area contributed by atoms with E-state index in [1.54, 1.807) is 31.4 Å². The van der Waals surface area contributed by atoms with E-state index in [1.165, 1.54) is 23.1 Å². The second kappa shape index (κ2) is 11.2. The largest absolute Gasteiger partial charge is 0.497 e. The number of carbonyl (C=O) groups excluding carboxylic acids is 2. The molecule has 2 amide bonds. The number of thiazole rings is 1. The van der Waals surface area contributed by atoms with Crippen molar-refractivity contribution >= 4 is 45.7 Å². The fraction of sp³-hybridized carbons (Fsp3) is 0.148. The summed E-state index contributed by atoms with van der Waals surface area (Å²) >= 11 is 2.91. The summed E-state index contributed by atoms with van der Waals surface area (Å²) in [6.07, 6.45) is 0. The molecule has 6 nitrogen and oxygen atoms in total. The molecule has 0 aliphatic carbocycles. The van der Waals surface area contributed by atoms with E-state index in [-0.39, 0.29) is 17.1 Å². The smallest absolute Gasteiger partial charge is 0.255 e. The Morgan fingerprint density at radius 1 is 0.943 bits per heavy atom. The molecular formula is C27H25N3O3S2. The molecule has 0 aliphatic heterocycles. The van der Waals surface area contributed by atoms with Crippen LogP contribution in [0.5, 0.6) is 5.75 Å². The van der Waals surface area contributed by atoms with Crippen LogP contribution in [-0.4, -0.2) is 29.2 Å². The first-order valence-corrected chi connectivity index (χ1v) is 12.7. The third-order valence-corrected chi connectivity index (χ3v) is 7.22. The number of aryl methyl sites for hydroxylation is 1. The van der Waals surface area contributed by atoms with Crippen LogP contribution in [0.2, 0.25) is 0 Å². The summed E-state index contributed by atoms with van der Waals surface area (Å²) in [5.74, 6) is 0.386. The number of nitrogens with zero attached hydrogens (tertiary/aromatic N) is 1. The summed E-state index contributed by atoms with van der Waals surface area (Å²) in [6, 6.07) is 24.3. The van der Waals surface area contributed by atoms with Crippen molar-refractivity contribution in [3.8, 4) is 17.0 Å². The predicted octanol–water partition coefficient (Wildman–Crippen LogP) is 6.50. The predicted molar refractivity (Wildman–Crippen MR) is 144 cm³/mol. The third kappa shape index (κ3) is 6.29. The van der Waals surface area contributed by atoms with E-state index in [2.05, 4.69) is 15.6 Å². The molecular weight excluding hydrogens is 478 g/mol. The normalized spacial score (nSPS) is 11.5. The van der Waals surface area contributed by atoms with Gasteiger partial charge in [-0.1, -0.05) is 30.3 Å². The van der Waals surface area contributed by atoms with Crippen LogP contribution in [0.1, 0.15) is 22.2 Å². The van der Waals surface area contributed by atoms with Gasteiger partial charge in [0.25, 0.3) is 5.91 Å². The van der Waals surface area contributed by atoms with E-state index in [0.717, 1.165) is 21.0 Å². The molecule has 35 heavy (non-hydrogen) atoms. The van der Waals surface area contributed by atoms with Crippen molar-refractivity contribution < 1.29 is 14.3 Å². The maximum atomic E-state index is 12.8. The molecule has 0 saturated carbocycles. The monoisotopic (exact) mass is 503 g/mol. The summed E-state index contributed by atoms with van der Waals surface area (Å²) in [7, 11) is 1.58. The number of benzene rings is 3. The van der Waals surface area contributed by atoms with E-state index in [4.69, 9.17) is 4.74 Å². The number of amides is 2. The van der Waals surface area contributed by atoms with Crippen LogP contribution in [-0.2, 0) is 4.79 Å². The Hall–Kier alpha value is -3.62. The number of rotatable bonds is 8. The summed E-state index contributed by atoms with van der Waals surface area (Å²) in [4.78, 5) is 31.8. The average Bonchev–Trinajstić information content (AvgIpc) is 3.25. The SMILES string of the molecule is COc1ccc(C(=O)Nc2ccc(SC(C)C(=O)Nc3nc(-c4ccccc4)c(C)s3)cc2)cc1. The van der Waals surface area contributed by atoms with Gasteiger partial charge in [0.1, 0.15) is 5.75 Å². The van der Waals surface area contributed by atoms with Gasteiger partial charge in [0.15, 0.2) is 5.13 Å². The lowest BCUT2D eigenvalue weighted by Crippen LogP contribution is -2.22. The topological polar surface area (TPSA) is 80.3 Å². The van der Waals surface area contributed by atoms with E-state index in [0.29, 0.717) is 22.1 Å². The second-order valence-electron chi connectivity index (χ2n) is 7.75. The van der Waals surface area contributed by atoms with Gasteiger partial charge in [-0.2, -0.15) is 0 Å².